The molecule has 0 amide bonds. The van der Waals surface area contributed by atoms with E-state index in [2.05, 4.69) is 71.1 Å². The minimum Gasteiger partial charge on any atom is -0.462 e. The van der Waals surface area contributed by atoms with Gasteiger partial charge >= 0.3 is 6.01 Å². The molecule has 8 heteroatoms. The number of aromatic nitrogens is 2. The number of nitrogens with zero attached hydrogens (tertiary/aromatic N) is 6. The molecule has 0 bridgehead atoms. The van der Waals surface area contributed by atoms with Gasteiger partial charge in [0.2, 0.25) is 0 Å². The number of fused-ring (bicyclic) bond motifs is 2. The predicted molar refractivity (Wildman–Crippen MR) is 155 cm³/mol. The van der Waals surface area contributed by atoms with Crippen molar-refractivity contribution in [1.29, 1.82) is 5.26 Å². The number of aryl methyl sites for hydroxylation is 1. The van der Waals surface area contributed by atoms with Crippen LogP contribution < -0.4 is 20.3 Å². The molecule has 0 radical (unpaired) electrons. The second-order valence-electron chi connectivity index (χ2n) is 11.5. The van der Waals surface area contributed by atoms with Crippen molar-refractivity contribution in [2.45, 2.75) is 57.7 Å². The molecule has 0 aliphatic carbocycles. The summed E-state index contributed by atoms with van der Waals surface area (Å²) in [6, 6.07) is 16.3. The Balaban J connectivity index is 1.34. The first-order chi connectivity index (χ1) is 19.0. The molecule has 2 fully saturated rings. The van der Waals surface area contributed by atoms with Crippen LogP contribution in [0.1, 0.15) is 42.5 Å². The molecule has 3 aliphatic rings. The number of nitriles is 1. The SMILES string of the molecule is Cc1cccc2cccc(N3CCc4c(nc(OC[C@@H]5CCCN5C)nc4N4CC[C@@H](N)[C@@H](CC#N)C4)C3)c12. The summed E-state index contributed by atoms with van der Waals surface area (Å²) in [6.45, 7) is 7.10. The molecule has 2 saturated heterocycles. The van der Waals surface area contributed by atoms with Gasteiger partial charge in [-0.05, 0) is 63.2 Å². The lowest BCUT2D eigenvalue weighted by molar-refractivity contribution is 0.187. The van der Waals surface area contributed by atoms with Crippen LogP contribution in [-0.4, -0.2) is 66.8 Å². The van der Waals surface area contributed by atoms with E-state index in [0.29, 0.717) is 31.6 Å². The molecular weight excluding hydrogens is 486 g/mol. The fourth-order valence-corrected chi connectivity index (χ4v) is 6.63. The van der Waals surface area contributed by atoms with Crippen molar-refractivity contribution < 1.29 is 4.74 Å². The van der Waals surface area contributed by atoms with E-state index >= 15 is 0 Å². The standard InChI is InChI=1S/C31H39N7O/c1-21-6-3-7-22-8-4-10-28(29(21)22)37-16-12-25-27(19-37)34-31(39-20-24-9-5-15-36(24)2)35-30(25)38-17-13-26(33)23(18-38)11-14-32/h3-4,6-8,10,23-24,26H,5,9,11-13,15-20,33H2,1-2H3/t23-,24-,26+/m0/s1. The molecule has 204 valence electrons. The summed E-state index contributed by atoms with van der Waals surface area (Å²) in [6.07, 6.45) is 4.53. The summed E-state index contributed by atoms with van der Waals surface area (Å²) in [5.74, 6) is 1.11. The van der Waals surface area contributed by atoms with Gasteiger partial charge in [-0.2, -0.15) is 15.2 Å². The Hall–Kier alpha value is -3.41. The maximum absolute atomic E-state index is 9.38. The summed E-state index contributed by atoms with van der Waals surface area (Å²) < 4.78 is 6.30. The highest BCUT2D eigenvalue weighted by Gasteiger charge is 2.32. The molecule has 39 heavy (non-hydrogen) atoms. The van der Waals surface area contributed by atoms with Crippen LogP contribution in [0.5, 0.6) is 6.01 Å². The summed E-state index contributed by atoms with van der Waals surface area (Å²) >= 11 is 0. The fourth-order valence-electron chi connectivity index (χ4n) is 6.63. The molecule has 6 rings (SSSR count). The largest absolute Gasteiger partial charge is 0.462 e. The van der Waals surface area contributed by atoms with E-state index in [4.69, 9.17) is 20.4 Å². The second-order valence-corrected chi connectivity index (χ2v) is 11.5. The maximum atomic E-state index is 9.38. The third kappa shape index (κ3) is 5.13. The van der Waals surface area contributed by atoms with Crippen molar-refractivity contribution >= 4 is 22.3 Å². The highest BCUT2D eigenvalue weighted by molar-refractivity contribution is 5.97. The Morgan fingerprint density at radius 2 is 1.92 bits per heavy atom. The lowest BCUT2D eigenvalue weighted by Gasteiger charge is -2.39. The fraction of sp³-hybridized carbons (Fsp3) is 0.516. The highest BCUT2D eigenvalue weighted by atomic mass is 16.5. The minimum atomic E-state index is 0.0530. The van der Waals surface area contributed by atoms with Crippen molar-refractivity contribution in [3.05, 3.63) is 53.2 Å². The Morgan fingerprint density at radius 1 is 1.08 bits per heavy atom. The number of likely N-dealkylation sites (N-methyl/N-ethyl adjacent to an activating group) is 1. The molecular formula is C31H39N7O. The number of nitrogens with two attached hydrogens (primary N) is 1. The first kappa shape index (κ1) is 25.8. The topological polar surface area (TPSA) is 94.5 Å². The van der Waals surface area contributed by atoms with Gasteiger partial charge in [0.05, 0.1) is 18.3 Å². The van der Waals surface area contributed by atoms with E-state index in [1.807, 2.05) is 0 Å². The van der Waals surface area contributed by atoms with Crippen LogP contribution in [0, 0.1) is 24.2 Å². The zero-order valence-electron chi connectivity index (χ0n) is 23.1. The van der Waals surface area contributed by atoms with Crippen LogP contribution in [0.15, 0.2) is 36.4 Å². The predicted octanol–water partition coefficient (Wildman–Crippen LogP) is 4.04. The number of rotatable bonds is 6. The van der Waals surface area contributed by atoms with E-state index in [1.165, 1.54) is 34.0 Å². The van der Waals surface area contributed by atoms with Crippen molar-refractivity contribution in [1.82, 2.24) is 14.9 Å². The number of likely N-dealkylation sites (tertiary alicyclic amines) is 1. The van der Waals surface area contributed by atoms with E-state index in [1.54, 1.807) is 0 Å². The number of hydrogen-bond acceptors (Lipinski definition) is 8. The third-order valence-corrected chi connectivity index (χ3v) is 8.98. The Bertz CT molecular complexity index is 1380. The average Bonchev–Trinajstić information content (AvgIpc) is 3.36. The van der Waals surface area contributed by atoms with Crippen LogP contribution in [0.3, 0.4) is 0 Å². The molecule has 0 spiro atoms. The zero-order valence-corrected chi connectivity index (χ0v) is 23.1. The number of hydrogen-bond donors (Lipinski definition) is 1. The zero-order chi connectivity index (χ0) is 26.9. The quantitative estimate of drug-likeness (QED) is 0.515. The van der Waals surface area contributed by atoms with E-state index < -0.39 is 0 Å². The molecule has 3 aliphatic heterocycles. The van der Waals surface area contributed by atoms with Gasteiger partial charge in [0.15, 0.2) is 0 Å². The summed E-state index contributed by atoms with van der Waals surface area (Å²) in [4.78, 5) is 17.2. The molecule has 2 aromatic carbocycles. The molecule has 3 atom stereocenters. The lowest BCUT2D eigenvalue weighted by Crippen LogP contribution is -2.48. The summed E-state index contributed by atoms with van der Waals surface area (Å²) in [7, 11) is 2.16. The first-order valence-corrected chi connectivity index (χ1v) is 14.4. The molecule has 4 heterocycles. The number of benzene rings is 2. The van der Waals surface area contributed by atoms with Crippen molar-refractivity contribution in [2.24, 2.45) is 11.7 Å². The van der Waals surface area contributed by atoms with Gasteiger partial charge in [0.1, 0.15) is 12.4 Å². The van der Waals surface area contributed by atoms with Crippen molar-refractivity contribution in [3.8, 4) is 12.1 Å². The molecule has 1 aromatic heterocycles. The molecule has 3 aromatic rings. The third-order valence-electron chi connectivity index (χ3n) is 8.98. The van der Waals surface area contributed by atoms with Crippen LogP contribution in [-0.2, 0) is 13.0 Å². The maximum Gasteiger partial charge on any atom is 0.318 e. The molecule has 2 N–H and O–H groups in total. The van der Waals surface area contributed by atoms with Gasteiger partial charge in [0, 0.05) is 60.7 Å². The van der Waals surface area contributed by atoms with Crippen LogP contribution in [0.25, 0.3) is 10.8 Å². The van der Waals surface area contributed by atoms with Crippen molar-refractivity contribution in [2.75, 3.05) is 49.6 Å². The van der Waals surface area contributed by atoms with Gasteiger partial charge in [-0.1, -0.05) is 30.3 Å². The van der Waals surface area contributed by atoms with Gasteiger partial charge in [-0.15, -0.1) is 0 Å². The number of ether oxygens (including phenoxy) is 1. The molecule has 0 unspecified atom stereocenters. The monoisotopic (exact) mass is 525 g/mol. The van der Waals surface area contributed by atoms with Crippen LogP contribution in [0.4, 0.5) is 11.5 Å². The van der Waals surface area contributed by atoms with E-state index in [9.17, 15) is 5.26 Å². The smallest absolute Gasteiger partial charge is 0.318 e. The normalized spacial score (nSPS) is 23.6. The van der Waals surface area contributed by atoms with Gasteiger partial charge in [-0.25, -0.2) is 0 Å². The number of piperidine rings is 1. The van der Waals surface area contributed by atoms with Gasteiger partial charge in [-0.3, -0.25) is 0 Å². The van der Waals surface area contributed by atoms with Crippen LogP contribution >= 0.6 is 0 Å². The Kier molecular flexibility index (Phi) is 7.28. The molecule has 0 saturated carbocycles. The minimum absolute atomic E-state index is 0.0530. The van der Waals surface area contributed by atoms with E-state index in [-0.39, 0.29) is 12.0 Å². The van der Waals surface area contributed by atoms with Gasteiger partial charge < -0.3 is 25.2 Å². The first-order valence-electron chi connectivity index (χ1n) is 14.4. The van der Waals surface area contributed by atoms with E-state index in [0.717, 1.165) is 57.0 Å². The number of anilines is 2. The van der Waals surface area contributed by atoms with Crippen LogP contribution in [0.2, 0.25) is 0 Å². The highest BCUT2D eigenvalue weighted by Crippen LogP contribution is 2.36. The second kappa shape index (κ2) is 11.0. The Morgan fingerprint density at radius 3 is 2.72 bits per heavy atom. The summed E-state index contributed by atoms with van der Waals surface area (Å²) in [5.41, 5.74) is 11.2. The van der Waals surface area contributed by atoms with Gasteiger partial charge in [0.25, 0.3) is 0 Å². The van der Waals surface area contributed by atoms with Crippen molar-refractivity contribution in [3.63, 3.8) is 0 Å². The lowest BCUT2D eigenvalue weighted by atomic mass is 9.90. The summed E-state index contributed by atoms with van der Waals surface area (Å²) in [5, 5.41) is 11.9. The Labute approximate surface area is 231 Å². The molecule has 8 nitrogen and oxygen atoms in total. The average molecular weight is 526 g/mol.